The molecule has 1 aliphatic carbocycles. The van der Waals surface area contributed by atoms with Crippen molar-refractivity contribution in [2.75, 3.05) is 13.1 Å². The molecule has 7 heteroatoms. The molecule has 0 N–H and O–H groups in total. The Hall–Kier alpha value is -2.70. The first kappa shape index (κ1) is 15.5. The first-order valence-electron chi connectivity index (χ1n) is 9.39. The summed E-state index contributed by atoms with van der Waals surface area (Å²) < 4.78 is 3.71. The van der Waals surface area contributed by atoms with Crippen LogP contribution in [0.1, 0.15) is 47.7 Å². The molecular weight excluding hydrogens is 328 g/mol. The van der Waals surface area contributed by atoms with Crippen molar-refractivity contribution in [1.82, 2.24) is 29.5 Å². The summed E-state index contributed by atoms with van der Waals surface area (Å²) in [4.78, 5) is 15.0. The van der Waals surface area contributed by atoms with E-state index in [2.05, 4.69) is 21.6 Å². The molecule has 3 aromatic rings. The zero-order valence-corrected chi connectivity index (χ0v) is 14.7. The Labute approximate surface area is 151 Å². The zero-order valence-electron chi connectivity index (χ0n) is 14.7. The quantitative estimate of drug-likeness (QED) is 0.724. The van der Waals surface area contributed by atoms with E-state index in [4.69, 9.17) is 0 Å². The molecule has 2 aliphatic rings. The summed E-state index contributed by atoms with van der Waals surface area (Å²) in [6, 6.07) is 5.80. The molecule has 26 heavy (non-hydrogen) atoms. The predicted octanol–water partition coefficient (Wildman–Crippen LogP) is 2.36. The molecule has 2 fully saturated rings. The third-order valence-electron chi connectivity index (χ3n) is 5.46. The molecule has 5 rings (SSSR count). The number of nitrogens with zero attached hydrogens (tertiary/aromatic N) is 6. The molecule has 0 unspecified atom stereocenters. The minimum Gasteiger partial charge on any atom is -0.338 e. The largest absolute Gasteiger partial charge is 0.338 e. The number of amides is 1. The van der Waals surface area contributed by atoms with Crippen molar-refractivity contribution in [3.63, 3.8) is 0 Å². The Morgan fingerprint density at radius 2 is 2.15 bits per heavy atom. The number of hydrogen-bond acceptors (Lipinski definition) is 4. The Kier molecular flexibility index (Phi) is 3.72. The van der Waals surface area contributed by atoms with E-state index in [-0.39, 0.29) is 5.91 Å². The summed E-state index contributed by atoms with van der Waals surface area (Å²) >= 11 is 0. The lowest BCUT2D eigenvalue weighted by molar-refractivity contribution is 0.0661. The van der Waals surface area contributed by atoms with E-state index in [0.29, 0.717) is 17.4 Å². The summed E-state index contributed by atoms with van der Waals surface area (Å²) in [6.07, 6.45) is 10.3. The lowest BCUT2D eigenvalue weighted by Crippen LogP contribution is -2.41. The van der Waals surface area contributed by atoms with Crippen LogP contribution < -0.4 is 0 Å². The van der Waals surface area contributed by atoms with Crippen LogP contribution in [-0.4, -0.2) is 48.5 Å². The Morgan fingerprint density at radius 1 is 1.23 bits per heavy atom. The van der Waals surface area contributed by atoms with Crippen molar-refractivity contribution < 1.29 is 4.79 Å². The molecule has 1 saturated carbocycles. The smallest absolute Gasteiger partial charge is 0.257 e. The fourth-order valence-electron chi connectivity index (χ4n) is 3.90. The topological polar surface area (TPSA) is 68.3 Å². The van der Waals surface area contributed by atoms with Gasteiger partial charge < -0.3 is 4.90 Å². The molecule has 0 radical (unpaired) electrons. The zero-order chi connectivity index (χ0) is 17.5. The summed E-state index contributed by atoms with van der Waals surface area (Å²) in [7, 11) is 0. The highest BCUT2D eigenvalue weighted by Crippen LogP contribution is 2.38. The monoisotopic (exact) mass is 350 g/mol. The van der Waals surface area contributed by atoms with E-state index in [1.165, 1.54) is 12.8 Å². The number of rotatable bonds is 4. The maximum absolute atomic E-state index is 13.0. The van der Waals surface area contributed by atoms with E-state index >= 15 is 0 Å². The van der Waals surface area contributed by atoms with Crippen LogP contribution in [-0.2, 0) is 6.54 Å². The van der Waals surface area contributed by atoms with Gasteiger partial charge in [0.1, 0.15) is 0 Å². The third-order valence-corrected chi connectivity index (χ3v) is 5.46. The third kappa shape index (κ3) is 2.87. The van der Waals surface area contributed by atoms with Gasteiger partial charge in [-0.1, -0.05) is 11.3 Å². The highest BCUT2D eigenvalue weighted by molar-refractivity contribution is 6.00. The number of pyridine rings is 1. The second kappa shape index (κ2) is 6.23. The van der Waals surface area contributed by atoms with Crippen molar-refractivity contribution in [2.24, 2.45) is 5.92 Å². The molecule has 1 amide bonds. The van der Waals surface area contributed by atoms with Gasteiger partial charge in [0.05, 0.1) is 23.0 Å². The van der Waals surface area contributed by atoms with Gasteiger partial charge in [-0.2, -0.15) is 5.10 Å². The van der Waals surface area contributed by atoms with E-state index in [9.17, 15) is 4.79 Å². The molecule has 134 valence electrons. The van der Waals surface area contributed by atoms with E-state index in [1.54, 1.807) is 10.7 Å². The highest BCUT2D eigenvalue weighted by atomic mass is 16.2. The van der Waals surface area contributed by atoms with Crippen molar-refractivity contribution in [3.8, 4) is 0 Å². The van der Waals surface area contributed by atoms with Crippen molar-refractivity contribution >= 4 is 11.4 Å². The second-order valence-electron chi connectivity index (χ2n) is 7.49. The molecule has 0 bridgehead atoms. The number of carbonyl (C=O) groups is 1. The minimum absolute atomic E-state index is 0.0770. The van der Waals surface area contributed by atoms with Crippen LogP contribution in [0.2, 0.25) is 0 Å². The molecule has 0 aromatic carbocycles. The normalized spacial score (nSPS) is 20.6. The van der Waals surface area contributed by atoms with E-state index in [0.717, 1.165) is 43.7 Å². The van der Waals surface area contributed by atoms with E-state index < -0.39 is 0 Å². The van der Waals surface area contributed by atoms with Crippen LogP contribution in [0.5, 0.6) is 0 Å². The van der Waals surface area contributed by atoms with Gasteiger partial charge in [-0.3, -0.25) is 9.48 Å². The molecule has 7 nitrogen and oxygen atoms in total. The van der Waals surface area contributed by atoms with Crippen LogP contribution in [0, 0.1) is 5.92 Å². The number of piperidine rings is 1. The highest BCUT2D eigenvalue weighted by Gasteiger charge is 2.29. The summed E-state index contributed by atoms with van der Waals surface area (Å²) in [6.45, 7) is 2.41. The van der Waals surface area contributed by atoms with Gasteiger partial charge in [0.2, 0.25) is 0 Å². The standard InChI is InChI=1S/C19H22N6O/c26-19(16-10-20-25-9-2-1-5-18(16)25)23-8-3-4-14(11-23)12-24-13-17(21-22-24)15-6-7-15/h1-2,5,9-10,13-15H,3-4,6-8,11-12H2/t14-/m1/s1. The SMILES string of the molecule is O=C(c1cnn2ccccc12)N1CCC[C@@H](Cn2cc(C3CC3)nn2)C1. The van der Waals surface area contributed by atoms with Gasteiger partial charge in [-0.15, -0.1) is 5.10 Å². The number of aromatic nitrogens is 5. The maximum atomic E-state index is 13.0. The van der Waals surface area contributed by atoms with E-state index in [1.807, 2.05) is 34.0 Å². The summed E-state index contributed by atoms with van der Waals surface area (Å²) in [5.74, 6) is 1.13. The molecule has 1 saturated heterocycles. The number of likely N-dealkylation sites (tertiary alicyclic amines) is 1. The van der Waals surface area contributed by atoms with Crippen LogP contribution in [0.3, 0.4) is 0 Å². The first-order valence-corrected chi connectivity index (χ1v) is 9.39. The van der Waals surface area contributed by atoms with Gasteiger partial charge in [0, 0.05) is 37.9 Å². The van der Waals surface area contributed by atoms with Crippen LogP contribution in [0.4, 0.5) is 0 Å². The second-order valence-corrected chi connectivity index (χ2v) is 7.49. The lowest BCUT2D eigenvalue weighted by atomic mass is 9.97. The van der Waals surface area contributed by atoms with Crippen molar-refractivity contribution in [1.29, 1.82) is 0 Å². The van der Waals surface area contributed by atoms with Gasteiger partial charge in [-0.05, 0) is 43.7 Å². The average Bonchev–Trinajstić information content (AvgIpc) is 3.27. The first-order chi connectivity index (χ1) is 12.8. The Bertz CT molecular complexity index is 940. The Morgan fingerprint density at radius 3 is 3.04 bits per heavy atom. The van der Waals surface area contributed by atoms with Crippen molar-refractivity contribution in [2.45, 2.75) is 38.1 Å². The summed E-state index contributed by atoms with van der Waals surface area (Å²) in [5, 5.41) is 12.9. The van der Waals surface area contributed by atoms with Gasteiger partial charge in [0.15, 0.2) is 0 Å². The minimum atomic E-state index is 0.0770. The lowest BCUT2D eigenvalue weighted by Gasteiger charge is -2.32. The van der Waals surface area contributed by atoms with Gasteiger partial charge >= 0.3 is 0 Å². The predicted molar refractivity (Wildman–Crippen MR) is 95.8 cm³/mol. The van der Waals surface area contributed by atoms with Crippen molar-refractivity contribution in [3.05, 3.63) is 48.0 Å². The molecule has 3 aromatic heterocycles. The van der Waals surface area contributed by atoms with Crippen LogP contribution >= 0.6 is 0 Å². The average molecular weight is 350 g/mol. The van der Waals surface area contributed by atoms with Crippen LogP contribution in [0.15, 0.2) is 36.8 Å². The van der Waals surface area contributed by atoms with Gasteiger partial charge in [0.25, 0.3) is 5.91 Å². The molecular formula is C19H22N6O. The van der Waals surface area contributed by atoms with Gasteiger partial charge in [-0.25, -0.2) is 4.52 Å². The fraction of sp³-hybridized carbons (Fsp3) is 0.474. The molecule has 1 aliphatic heterocycles. The fourth-order valence-corrected chi connectivity index (χ4v) is 3.90. The molecule has 0 spiro atoms. The number of carbonyl (C=O) groups excluding carboxylic acids is 1. The molecule has 4 heterocycles. The van der Waals surface area contributed by atoms with Crippen LogP contribution in [0.25, 0.3) is 5.52 Å². The Balaban J connectivity index is 1.29. The molecule has 1 atom stereocenters. The number of fused-ring (bicyclic) bond motifs is 1. The number of hydrogen-bond donors (Lipinski definition) is 0. The summed E-state index contributed by atoms with van der Waals surface area (Å²) in [5.41, 5.74) is 2.67. The maximum Gasteiger partial charge on any atom is 0.257 e.